The molecule has 2 saturated heterocycles. The Morgan fingerprint density at radius 1 is 0.968 bits per heavy atom. The Balaban J connectivity index is 1.31. The fourth-order valence-electron chi connectivity index (χ4n) is 4.72. The summed E-state index contributed by atoms with van der Waals surface area (Å²) in [7, 11) is -3.51. The molecule has 31 heavy (non-hydrogen) atoms. The molecule has 2 fully saturated rings. The summed E-state index contributed by atoms with van der Waals surface area (Å²) >= 11 is 0. The van der Waals surface area contributed by atoms with Gasteiger partial charge in [-0.1, -0.05) is 12.1 Å². The lowest BCUT2D eigenvalue weighted by Gasteiger charge is -2.34. The van der Waals surface area contributed by atoms with Crippen LogP contribution in [0.3, 0.4) is 0 Å². The third-order valence-corrected chi connectivity index (χ3v) is 8.32. The Morgan fingerprint density at radius 2 is 1.68 bits per heavy atom. The van der Waals surface area contributed by atoms with Crippen LogP contribution in [-0.2, 0) is 10.0 Å². The number of likely N-dealkylation sites (tertiary alicyclic amines) is 1. The largest absolute Gasteiger partial charge is 0.484 e. The van der Waals surface area contributed by atoms with Crippen molar-refractivity contribution < 1.29 is 22.7 Å². The first-order chi connectivity index (χ1) is 14.9. The predicted molar refractivity (Wildman–Crippen MR) is 114 cm³/mol. The van der Waals surface area contributed by atoms with Crippen molar-refractivity contribution >= 4 is 21.7 Å². The van der Waals surface area contributed by atoms with Crippen molar-refractivity contribution in [2.24, 2.45) is 0 Å². The smallest absolute Gasteiger partial charge is 0.253 e. The van der Waals surface area contributed by atoms with E-state index in [1.807, 2.05) is 12.1 Å². The fourth-order valence-corrected chi connectivity index (χ4v) is 6.24. The lowest BCUT2D eigenvalue weighted by atomic mass is 9.89. The van der Waals surface area contributed by atoms with Crippen LogP contribution >= 0.6 is 0 Å². The van der Waals surface area contributed by atoms with Gasteiger partial charge in [-0.05, 0) is 49.2 Å². The number of benzene rings is 2. The molecule has 1 unspecified atom stereocenters. The van der Waals surface area contributed by atoms with Crippen LogP contribution in [0.2, 0.25) is 0 Å². The van der Waals surface area contributed by atoms with Gasteiger partial charge >= 0.3 is 0 Å². The van der Waals surface area contributed by atoms with Crippen molar-refractivity contribution in [1.29, 1.82) is 0 Å². The summed E-state index contributed by atoms with van der Waals surface area (Å²) in [6.45, 7) is 1.91. The third-order valence-electron chi connectivity index (χ3n) is 6.40. The van der Waals surface area contributed by atoms with Crippen LogP contribution in [0, 0.1) is 0 Å². The Kier molecular flexibility index (Phi) is 4.86. The SMILES string of the molecule is O=C1CC2(CCN(C(=O)c3ccc(S(=O)(=O)N4CCCC4)cc3)C2)Oc2ccccc21. The number of hydrogen-bond donors (Lipinski definition) is 0. The van der Waals surface area contributed by atoms with Crippen molar-refractivity contribution in [2.45, 2.75) is 36.2 Å². The van der Waals surface area contributed by atoms with Crippen LogP contribution in [0.1, 0.15) is 46.4 Å². The van der Waals surface area contributed by atoms with Crippen molar-refractivity contribution in [3.8, 4) is 5.75 Å². The average molecular weight is 441 g/mol. The van der Waals surface area contributed by atoms with Crippen molar-refractivity contribution in [3.63, 3.8) is 0 Å². The average Bonchev–Trinajstić information content (AvgIpc) is 3.45. The highest BCUT2D eigenvalue weighted by Crippen LogP contribution is 2.39. The number of rotatable bonds is 3. The Bertz CT molecular complexity index is 1140. The highest BCUT2D eigenvalue weighted by Gasteiger charge is 2.47. The van der Waals surface area contributed by atoms with Crippen LogP contribution < -0.4 is 4.74 Å². The Hall–Kier alpha value is -2.71. The minimum Gasteiger partial charge on any atom is -0.484 e. The maximum Gasteiger partial charge on any atom is 0.253 e. The summed E-state index contributed by atoms with van der Waals surface area (Å²) in [6, 6.07) is 13.3. The molecule has 0 radical (unpaired) electrons. The molecule has 0 bridgehead atoms. The molecule has 0 N–H and O–H groups in total. The number of ketones is 1. The first-order valence-corrected chi connectivity index (χ1v) is 12.0. The molecule has 3 heterocycles. The van der Waals surface area contributed by atoms with E-state index in [0.717, 1.165) is 12.8 Å². The molecule has 1 atom stereocenters. The van der Waals surface area contributed by atoms with E-state index in [-0.39, 0.29) is 23.0 Å². The molecule has 1 spiro atoms. The minimum atomic E-state index is -3.51. The van der Waals surface area contributed by atoms with E-state index < -0.39 is 15.6 Å². The number of hydrogen-bond acceptors (Lipinski definition) is 5. The fraction of sp³-hybridized carbons (Fsp3) is 0.391. The van der Waals surface area contributed by atoms with E-state index in [0.29, 0.717) is 49.5 Å². The molecule has 3 aliphatic heterocycles. The standard InChI is InChI=1S/C23H24N2O5S/c26-20-15-23(30-21-6-2-1-5-19(20)21)11-14-24(16-23)22(27)17-7-9-18(10-8-17)31(28,29)25-12-3-4-13-25/h1-2,5-10H,3-4,11-16H2. The molecular weight excluding hydrogens is 416 g/mol. The van der Waals surface area contributed by atoms with Gasteiger partial charge in [0, 0.05) is 31.6 Å². The molecule has 5 rings (SSSR count). The topological polar surface area (TPSA) is 84.0 Å². The van der Waals surface area contributed by atoms with Crippen molar-refractivity contribution in [2.75, 3.05) is 26.2 Å². The van der Waals surface area contributed by atoms with Crippen LogP contribution in [0.25, 0.3) is 0 Å². The second kappa shape index (κ2) is 7.46. The minimum absolute atomic E-state index is 0.0348. The highest BCUT2D eigenvalue weighted by atomic mass is 32.2. The summed E-state index contributed by atoms with van der Waals surface area (Å²) in [6.07, 6.45) is 2.59. The number of sulfonamides is 1. The van der Waals surface area contributed by atoms with Crippen LogP contribution in [0.5, 0.6) is 5.75 Å². The number of carbonyl (C=O) groups is 2. The van der Waals surface area contributed by atoms with Gasteiger partial charge in [0.05, 0.1) is 23.4 Å². The molecule has 7 nitrogen and oxygen atoms in total. The molecule has 1 amide bonds. The molecule has 8 heteroatoms. The lowest BCUT2D eigenvalue weighted by Crippen LogP contribution is -2.45. The van der Waals surface area contributed by atoms with Crippen LogP contribution in [0.4, 0.5) is 0 Å². The summed E-state index contributed by atoms with van der Waals surface area (Å²) in [4.78, 5) is 27.5. The van der Waals surface area contributed by atoms with E-state index in [1.54, 1.807) is 29.2 Å². The summed E-state index contributed by atoms with van der Waals surface area (Å²) < 4.78 is 33.1. The third kappa shape index (κ3) is 3.53. The molecule has 0 saturated carbocycles. The van der Waals surface area contributed by atoms with E-state index in [2.05, 4.69) is 0 Å². The number of nitrogens with zero attached hydrogens (tertiary/aromatic N) is 2. The summed E-state index contributed by atoms with van der Waals surface area (Å²) in [5.41, 5.74) is 0.327. The first-order valence-electron chi connectivity index (χ1n) is 10.6. The van der Waals surface area contributed by atoms with Gasteiger partial charge in [-0.2, -0.15) is 4.31 Å². The number of carbonyl (C=O) groups excluding carboxylic acids is 2. The Labute approximate surface area is 181 Å². The molecule has 0 aliphatic carbocycles. The highest BCUT2D eigenvalue weighted by molar-refractivity contribution is 7.89. The van der Waals surface area contributed by atoms with Gasteiger partial charge in [-0.25, -0.2) is 8.42 Å². The van der Waals surface area contributed by atoms with Gasteiger partial charge < -0.3 is 9.64 Å². The molecule has 2 aromatic rings. The number of fused-ring (bicyclic) bond motifs is 1. The lowest BCUT2D eigenvalue weighted by molar-refractivity contribution is 0.0428. The second-order valence-electron chi connectivity index (χ2n) is 8.49. The van der Waals surface area contributed by atoms with Crippen molar-refractivity contribution in [3.05, 3.63) is 59.7 Å². The number of ether oxygens (including phenoxy) is 1. The first kappa shape index (κ1) is 20.2. The van der Waals surface area contributed by atoms with Gasteiger partial charge in [-0.3, -0.25) is 9.59 Å². The number of Topliss-reactive ketones (excluding diaryl/α,β-unsaturated/α-hetero) is 1. The van der Waals surface area contributed by atoms with Crippen LogP contribution in [0.15, 0.2) is 53.4 Å². The monoisotopic (exact) mass is 440 g/mol. The zero-order valence-corrected chi connectivity index (χ0v) is 17.9. The van der Waals surface area contributed by atoms with E-state index in [1.165, 1.54) is 16.4 Å². The van der Waals surface area contributed by atoms with Crippen molar-refractivity contribution in [1.82, 2.24) is 9.21 Å². The van der Waals surface area contributed by atoms with E-state index in [4.69, 9.17) is 4.74 Å². The normalized spacial score (nSPS) is 23.7. The van der Waals surface area contributed by atoms with Gasteiger partial charge in [-0.15, -0.1) is 0 Å². The van der Waals surface area contributed by atoms with Gasteiger partial charge in [0.25, 0.3) is 5.91 Å². The van der Waals surface area contributed by atoms with E-state index in [9.17, 15) is 18.0 Å². The zero-order chi connectivity index (χ0) is 21.6. The molecule has 3 aliphatic rings. The van der Waals surface area contributed by atoms with Gasteiger partial charge in [0.2, 0.25) is 10.0 Å². The molecular formula is C23H24N2O5S. The summed E-state index contributed by atoms with van der Waals surface area (Å²) in [5.74, 6) is 0.425. The predicted octanol–water partition coefficient (Wildman–Crippen LogP) is 2.72. The maximum atomic E-state index is 13.0. The maximum absolute atomic E-state index is 13.0. The quantitative estimate of drug-likeness (QED) is 0.733. The number of para-hydroxylation sites is 1. The number of amides is 1. The van der Waals surface area contributed by atoms with E-state index >= 15 is 0 Å². The molecule has 162 valence electrons. The van der Waals surface area contributed by atoms with Gasteiger partial charge in [0.15, 0.2) is 5.78 Å². The Morgan fingerprint density at radius 3 is 2.42 bits per heavy atom. The zero-order valence-electron chi connectivity index (χ0n) is 17.1. The summed E-state index contributed by atoms with van der Waals surface area (Å²) in [5, 5.41) is 0. The molecule has 0 aromatic heterocycles. The molecule has 2 aromatic carbocycles. The second-order valence-corrected chi connectivity index (χ2v) is 10.4. The van der Waals surface area contributed by atoms with Crippen LogP contribution in [-0.4, -0.2) is 61.1 Å². The van der Waals surface area contributed by atoms with Gasteiger partial charge in [0.1, 0.15) is 11.4 Å².